The number of carbonyl (C=O) groups excluding carboxylic acids is 1. The second kappa shape index (κ2) is 6.88. The van der Waals surface area contributed by atoms with Crippen molar-refractivity contribution in [1.29, 1.82) is 0 Å². The molecule has 1 aromatic rings. The van der Waals surface area contributed by atoms with E-state index in [0.717, 1.165) is 6.54 Å². The van der Waals surface area contributed by atoms with Crippen LogP contribution in [0.4, 0.5) is 4.39 Å². The van der Waals surface area contributed by atoms with Gasteiger partial charge in [0.2, 0.25) is 0 Å². The van der Waals surface area contributed by atoms with Gasteiger partial charge in [0, 0.05) is 41.9 Å². The summed E-state index contributed by atoms with van der Waals surface area (Å²) in [5.74, 6) is -0.0361. The van der Waals surface area contributed by atoms with E-state index in [2.05, 4.69) is 21.7 Å². The molecule has 1 fully saturated rings. The molecule has 1 amide bonds. The molecule has 5 nitrogen and oxygen atoms in total. The number of allylic oxidation sites excluding steroid dienone is 1. The number of hydrogen-bond donors (Lipinski definition) is 1. The number of hydrogen-bond acceptors (Lipinski definition) is 4. The van der Waals surface area contributed by atoms with Gasteiger partial charge < -0.3 is 5.73 Å². The van der Waals surface area contributed by atoms with Crippen LogP contribution >= 0.6 is 0 Å². The van der Waals surface area contributed by atoms with Crippen LogP contribution in [0.15, 0.2) is 28.4 Å². The van der Waals surface area contributed by atoms with Crippen LogP contribution in [0.3, 0.4) is 0 Å². The number of carbonyl (C=O) groups is 1. The van der Waals surface area contributed by atoms with Gasteiger partial charge in [-0.05, 0) is 31.5 Å². The number of rotatable bonds is 7. The van der Waals surface area contributed by atoms with Gasteiger partial charge in [0.25, 0.3) is 5.91 Å². The molecule has 1 aliphatic carbocycles. The second-order valence-corrected chi connectivity index (χ2v) is 4.94. The molecule has 0 radical (unpaired) electrons. The number of aromatic nitrogens is 1. The molecule has 2 rings (SSSR count). The number of halogens is 1. The first-order valence-corrected chi connectivity index (χ1v) is 6.66. The monoisotopic (exact) mass is 288 g/mol. The second-order valence-electron chi connectivity index (χ2n) is 4.94. The third-order valence-electron chi connectivity index (χ3n) is 3.16. The van der Waals surface area contributed by atoms with E-state index in [0.29, 0.717) is 22.6 Å². The first-order chi connectivity index (χ1) is 10.2. The third-order valence-corrected chi connectivity index (χ3v) is 3.16. The molecule has 0 saturated heterocycles. The lowest BCUT2D eigenvalue weighted by atomic mass is 10.0. The summed E-state index contributed by atoms with van der Waals surface area (Å²) in [6.07, 6.45) is 6.76. The predicted molar refractivity (Wildman–Crippen MR) is 81.2 cm³/mol. The van der Waals surface area contributed by atoms with Gasteiger partial charge in [-0.25, -0.2) is 4.39 Å². The number of nitrogens with zero attached hydrogens (tertiary/aromatic N) is 3. The number of nitrogens with two attached hydrogens (primary N) is 1. The Hall–Kier alpha value is -2.37. The molecule has 21 heavy (non-hydrogen) atoms. The fraction of sp³-hybridized carbons (Fsp3) is 0.333. The van der Waals surface area contributed by atoms with E-state index in [4.69, 9.17) is 5.73 Å². The van der Waals surface area contributed by atoms with Gasteiger partial charge in [-0.2, -0.15) is 0 Å². The molecule has 6 heteroatoms. The lowest BCUT2D eigenvalue weighted by Gasteiger charge is -2.07. The van der Waals surface area contributed by atoms with Crippen molar-refractivity contribution < 1.29 is 9.18 Å². The fourth-order valence-corrected chi connectivity index (χ4v) is 1.87. The highest BCUT2D eigenvalue weighted by Crippen LogP contribution is 2.29. The average molecular weight is 288 g/mol. The van der Waals surface area contributed by atoms with E-state index < -0.39 is 12.6 Å². The molecule has 0 bridgehead atoms. The van der Waals surface area contributed by atoms with Gasteiger partial charge in [0.1, 0.15) is 12.4 Å². The first kappa shape index (κ1) is 15.0. The van der Waals surface area contributed by atoms with Crippen molar-refractivity contribution in [3.05, 3.63) is 35.3 Å². The van der Waals surface area contributed by atoms with Crippen LogP contribution in [-0.4, -0.2) is 30.4 Å². The standard InChI is InChI=1S/C15H17FN4O/c1-18-8-12(9-19-6-10-2-3-10)13-4-11(5-16)7-20-14(13)15(17)21/h4,7-10H,1-3,5-6H2,(H2,17,21)/b12-8+,19-9?. The van der Waals surface area contributed by atoms with E-state index in [1.165, 1.54) is 31.3 Å². The van der Waals surface area contributed by atoms with Crippen LogP contribution in [0, 0.1) is 5.92 Å². The SMILES string of the molecule is C=N/C=C(\C=NCC1CC1)c1cc(CF)cnc1C(N)=O. The predicted octanol–water partition coefficient (Wildman–Crippen LogP) is 2.17. The summed E-state index contributed by atoms with van der Waals surface area (Å²) in [5, 5.41) is 0. The summed E-state index contributed by atoms with van der Waals surface area (Å²) < 4.78 is 12.8. The van der Waals surface area contributed by atoms with E-state index >= 15 is 0 Å². The van der Waals surface area contributed by atoms with Crippen LogP contribution in [0.25, 0.3) is 5.57 Å². The third kappa shape index (κ3) is 4.05. The molecule has 1 saturated carbocycles. The van der Waals surface area contributed by atoms with Gasteiger partial charge in [-0.3, -0.25) is 19.8 Å². The Morgan fingerprint density at radius 2 is 2.33 bits per heavy atom. The lowest BCUT2D eigenvalue weighted by molar-refractivity contribution is 0.0995. The summed E-state index contributed by atoms with van der Waals surface area (Å²) in [6.45, 7) is 3.46. The first-order valence-electron chi connectivity index (χ1n) is 6.66. The molecule has 0 atom stereocenters. The Kier molecular flexibility index (Phi) is 4.92. The molecular weight excluding hydrogens is 271 g/mol. The van der Waals surface area contributed by atoms with Gasteiger partial charge in [-0.15, -0.1) is 0 Å². The summed E-state index contributed by atoms with van der Waals surface area (Å²) in [4.78, 5) is 23.4. The number of amides is 1. The van der Waals surface area contributed by atoms with E-state index in [1.54, 1.807) is 6.21 Å². The number of alkyl halides is 1. The Morgan fingerprint density at radius 3 is 2.90 bits per heavy atom. The Labute approximate surface area is 122 Å². The van der Waals surface area contributed by atoms with E-state index in [1.807, 2.05) is 0 Å². The lowest BCUT2D eigenvalue weighted by Crippen LogP contribution is -2.16. The number of primary amides is 1. The molecule has 1 aliphatic rings. The van der Waals surface area contributed by atoms with Crippen LogP contribution < -0.4 is 5.73 Å². The van der Waals surface area contributed by atoms with Crippen LogP contribution in [-0.2, 0) is 6.67 Å². The highest BCUT2D eigenvalue weighted by Gasteiger charge is 2.20. The highest BCUT2D eigenvalue weighted by atomic mass is 19.1. The van der Waals surface area contributed by atoms with E-state index in [9.17, 15) is 9.18 Å². The number of pyridine rings is 1. The quantitative estimate of drug-likeness (QED) is 0.780. The summed E-state index contributed by atoms with van der Waals surface area (Å²) in [5.41, 5.74) is 6.71. The molecule has 1 aromatic heterocycles. The highest BCUT2D eigenvalue weighted by molar-refractivity contribution is 6.13. The molecule has 0 spiro atoms. The fourth-order valence-electron chi connectivity index (χ4n) is 1.87. The summed E-state index contributed by atoms with van der Waals surface area (Å²) in [6, 6.07) is 1.53. The van der Waals surface area contributed by atoms with Gasteiger partial charge >= 0.3 is 0 Å². The van der Waals surface area contributed by atoms with Crippen molar-refractivity contribution in [2.24, 2.45) is 21.6 Å². The number of aliphatic imine (C=N–C) groups is 2. The maximum atomic E-state index is 12.8. The minimum atomic E-state index is -0.680. The maximum absolute atomic E-state index is 12.8. The van der Waals surface area contributed by atoms with Gasteiger partial charge in [-0.1, -0.05) is 0 Å². The molecule has 2 N–H and O–H groups in total. The van der Waals surface area contributed by atoms with Crippen LogP contribution in [0.1, 0.15) is 34.5 Å². The minimum absolute atomic E-state index is 0.0694. The molecule has 1 heterocycles. The van der Waals surface area contributed by atoms with Crippen LogP contribution in [0.2, 0.25) is 0 Å². The molecule has 0 unspecified atom stereocenters. The topological polar surface area (TPSA) is 80.7 Å². The maximum Gasteiger partial charge on any atom is 0.267 e. The summed E-state index contributed by atoms with van der Waals surface area (Å²) >= 11 is 0. The average Bonchev–Trinajstić information content (AvgIpc) is 3.29. The Bertz CT molecular complexity index is 606. The molecule has 110 valence electrons. The minimum Gasteiger partial charge on any atom is -0.364 e. The molecule has 0 aliphatic heterocycles. The van der Waals surface area contributed by atoms with Gasteiger partial charge in [0.05, 0.1) is 0 Å². The van der Waals surface area contributed by atoms with Gasteiger partial charge in [0.15, 0.2) is 0 Å². The van der Waals surface area contributed by atoms with E-state index in [-0.39, 0.29) is 5.69 Å². The Morgan fingerprint density at radius 1 is 1.57 bits per heavy atom. The molecular formula is C15H17FN4O. The van der Waals surface area contributed by atoms with Crippen molar-refractivity contribution in [2.75, 3.05) is 6.54 Å². The van der Waals surface area contributed by atoms with Crippen molar-refractivity contribution in [2.45, 2.75) is 19.5 Å². The smallest absolute Gasteiger partial charge is 0.267 e. The zero-order chi connectivity index (χ0) is 15.2. The van der Waals surface area contributed by atoms with Crippen LogP contribution in [0.5, 0.6) is 0 Å². The van der Waals surface area contributed by atoms with Crippen molar-refractivity contribution in [3.8, 4) is 0 Å². The molecule has 0 aromatic carbocycles. The zero-order valence-corrected chi connectivity index (χ0v) is 11.6. The van der Waals surface area contributed by atoms with Crippen molar-refractivity contribution in [3.63, 3.8) is 0 Å². The summed E-state index contributed by atoms with van der Waals surface area (Å²) in [7, 11) is 0. The van der Waals surface area contributed by atoms with Crippen molar-refractivity contribution >= 4 is 24.4 Å². The Balaban J connectivity index is 2.36. The largest absolute Gasteiger partial charge is 0.364 e. The van der Waals surface area contributed by atoms with Crippen molar-refractivity contribution in [1.82, 2.24) is 4.98 Å². The normalized spacial score (nSPS) is 15.4. The zero-order valence-electron chi connectivity index (χ0n) is 11.6.